The molecule has 0 aliphatic carbocycles. The molecule has 3 rings (SSSR count). The molecule has 0 radical (unpaired) electrons. The Morgan fingerprint density at radius 2 is 1.79 bits per heavy atom. The van der Waals surface area contributed by atoms with Crippen molar-refractivity contribution in [2.75, 3.05) is 19.5 Å². The Morgan fingerprint density at radius 3 is 2.48 bits per heavy atom. The summed E-state index contributed by atoms with van der Waals surface area (Å²) in [6.07, 6.45) is -0.0165. The van der Waals surface area contributed by atoms with Crippen LogP contribution in [0.4, 0.5) is 9.52 Å². The number of carbonyl (C=O) groups excluding carboxylic acids is 1. The second kappa shape index (κ2) is 8.91. The van der Waals surface area contributed by atoms with Gasteiger partial charge in [0.2, 0.25) is 0 Å². The summed E-state index contributed by atoms with van der Waals surface area (Å²) >= 11 is 1.24. The average Bonchev–Trinajstić information content (AvgIpc) is 3.16. The summed E-state index contributed by atoms with van der Waals surface area (Å²) in [5.74, 6) is 0.797. The van der Waals surface area contributed by atoms with Crippen LogP contribution in [-0.2, 0) is 0 Å². The fraction of sp³-hybridized carbons (Fsp3) is 0.238. The molecule has 1 aromatic heterocycles. The number of hydrogen-bond donors (Lipinski definition) is 1. The molecular weight excluding hydrogens is 395 g/mol. The minimum Gasteiger partial charge on any atom is -0.496 e. The molecule has 0 atom stereocenters. The zero-order valence-corrected chi connectivity index (χ0v) is 17.3. The predicted molar refractivity (Wildman–Crippen MR) is 111 cm³/mol. The molecule has 8 heteroatoms. The van der Waals surface area contributed by atoms with E-state index in [1.54, 1.807) is 23.6 Å². The van der Waals surface area contributed by atoms with Gasteiger partial charge in [0.25, 0.3) is 5.91 Å². The van der Waals surface area contributed by atoms with E-state index >= 15 is 0 Å². The molecular formula is C21H21FN2O4S. The van der Waals surface area contributed by atoms with Crippen molar-refractivity contribution in [2.24, 2.45) is 0 Å². The Labute approximate surface area is 172 Å². The van der Waals surface area contributed by atoms with Crippen molar-refractivity contribution >= 4 is 22.4 Å². The molecule has 1 heterocycles. The molecule has 0 fully saturated rings. The summed E-state index contributed by atoms with van der Waals surface area (Å²) in [6.45, 7) is 3.82. The van der Waals surface area contributed by atoms with Crippen molar-refractivity contribution in [2.45, 2.75) is 20.0 Å². The molecule has 6 nitrogen and oxygen atoms in total. The van der Waals surface area contributed by atoms with Crippen LogP contribution in [0.2, 0.25) is 0 Å². The van der Waals surface area contributed by atoms with Gasteiger partial charge >= 0.3 is 0 Å². The predicted octanol–water partition coefficient (Wildman–Crippen LogP) is 5.01. The molecule has 0 bridgehead atoms. The Morgan fingerprint density at radius 1 is 1.07 bits per heavy atom. The van der Waals surface area contributed by atoms with E-state index in [2.05, 4.69) is 10.3 Å². The standard InChI is InChI=1S/C21H21FN2O4S/c1-12(2)28-18-7-5-13(9-19(18)27-4)20(25)24-21-23-16(11-29-21)15-10-14(22)6-8-17(15)26-3/h5-12H,1-4H3,(H,23,24,25). The number of aromatic nitrogens is 1. The van der Waals surface area contributed by atoms with E-state index < -0.39 is 5.82 Å². The number of methoxy groups -OCH3 is 2. The molecule has 0 unspecified atom stereocenters. The topological polar surface area (TPSA) is 69.7 Å². The van der Waals surface area contributed by atoms with E-state index in [-0.39, 0.29) is 12.0 Å². The molecule has 0 spiro atoms. The second-order valence-electron chi connectivity index (χ2n) is 6.37. The van der Waals surface area contributed by atoms with Crippen LogP contribution in [0.1, 0.15) is 24.2 Å². The molecule has 1 amide bonds. The van der Waals surface area contributed by atoms with Crippen molar-refractivity contribution in [1.82, 2.24) is 4.98 Å². The summed E-state index contributed by atoms with van der Waals surface area (Å²) in [4.78, 5) is 17.0. The van der Waals surface area contributed by atoms with Crippen LogP contribution in [0.15, 0.2) is 41.8 Å². The number of amides is 1. The first kappa shape index (κ1) is 20.6. The third-order valence-corrected chi connectivity index (χ3v) is 4.71. The van der Waals surface area contributed by atoms with Gasteiger partial charge in [0.1, 0.15) is 11.6 Å². The van der Waals surface area contributed by atoms with Gasteiger partial charge in [-0.1, -0.05) is 0 Å². The van der Waals surface area contributed by atoms with Gasteiger partial charge in [-0.25, -0.2) is 9.37 Å². The summed E-state index contributed by atoms with van der Waals surface area (Å²) < 4.78 is 29.9. The lowest BCUT2D eigenvalue weighted by Crippen LogP contribution is -2.12. The lowest BCUT2D eigenvalue weighted by Gasteiger charge is -2.14. The van der Waals surface area contributed by atoms with Crippen LogP contribution < -0.4 is 19.5 Å². The van der Waals surface area contributed by atoms with Crippen molar-refractivity contribution < 1.29 is 23.4 Å². The van der Waals surface area contributed by atoms with Crippen LogP contribution in [0, 0.1) is 5.82 Å². The number of carbonyl (C=O) groups is 1. The number of rotatable bonds is 7. The number of nitrogens with zero attached hydrogens (tertiary/aromatic N) is 1. The highest BCUT2D eigenvalue weighted by atomic mass is 32.1. The maximum absolute atomic E-state index is 13.6. The Hall–Kier alpha value is -3.13. The Kier molecular flexibility index (Phi) is 6.33. The van der Waals surface area contributed by atoms with Crippen molar-refractivity contribution in [1.29, 1.82) is 0 Å². The Bertz CT molecular complexity index is 1020. The quantitative estimate of drug-likeness (QED) is 0.587. The van der Waals surface area contributed by atoms with Crippen LogP contribution in [0.3, 0.4) is 0 Å². The molecule has 2 aromatic carbocycles. The van der Waals surface area contributed by atoms with Crippen LogP contribution in [0.25, 0.3) is 11.3 Å². The van der Waals surface area contributed by atoms with E-state index in [9.17, 15) is 9.18 Å². The van der Waals surface area contributed by atoms with Gasteiger partial charge in [-0.3, -0.25) is 10.1 Å². The number of nitrogens with one attached hydrogen (secondary N) is 1. The van der Waals surface area contributed by atoms with Crippen LogP contribution in [-0.4, -0.2) is 31.2 Å². The average molecular weight is 416 g/mol. The number of ether oxygens (including phenoxy) is 3. The highest BCUT2D eigenvalue weighted by Crippen LogP contribution is 2.33. The minimum absolute atomic E-state index is 0.0165. The molecule has 0 saturated carbocycles. The zero-order valence-electron chi connectivity index (χ0n) is 16.5. The van der Waals surface area contributed by atoms with E-state index in [1.807, 2.05) is 13.8 Å². The highest BCUT2D eigenvalue weighted by molar-refractivity contribution is 7.14. The van der Waals surface area contributed by atoms with Crippen molar-refractivity contribution in [3.05, 3.63) is 53.2 Å². The van der Waals surface area contributed by atoms with E-state index in [1.165, 1.54) is 43.8 Å². The maximum Gasteiger partial charge on any atom is 0.257 e. The summed E-state index contributed by atoms with van der Waals surface area (Å²) in [5.41, 5.74) is 1.43. The SMILES string of the molecule is COc1cc(C(=O)Nc2nc(-c3cc(F)ccc3OC)cs2)ccc1OC(C)C. The summed E-state index contributed by atoms with van der Waals surface area (Å²) in [7, 11) is 3.02. The molecule has 152 valence electrons. The first-order chi connectivity index (χ1) is 13.9. The van der Waals surface area contributed by atoms with Crippen molar-refractivity contribution in [3.8, 4) is 28.5 Å². The molecule has 1 N–H and O–H groups in total. The molecule has 3 aromatic rings. The van der Waals surface area contributed by atoms with Crippen molar-refractivity contribution in [3.63, 3.8) is 0 Å². The van der Waals surface area contributed by atoms with Gasteiger partial charge in [-0.05, 0) is 50.2 Å². The smallest absolute Gasteiger partial charge is 0.257 e. The summed E-state index contributed by atoms with van der Waals surface area (Å²) in [5, 5.41) is 4.87. The van der Waals surface area contributed by atoms with Gasteiger partial charge in [0.05, 0.1) is 26.0 Å². The lowest BCUT2D eigenvalue weighted by molar-refractivity contribution is 0.102. The fourth-order valence-corrected chi connectivity index (χ4v) is 3.37. The van der Waals surface area contributed by atoms with Gasteiger partial charge < -0.3 is 14.2 Å². The highest BCUT2D eigenvalue weighted by Gasteiger charge is 2.15. The first-order valence-corrected chi connectivity index (χ1v) is 9.74. The number of halogens is 1. The molecule has 29 heavy (non-hydrogen) atoms. The molecule has 0 aliphatic heterocycles. The number of benzene rings is 2. The maximum atomic E-state index is 13.6. The van der Waals surface area contributed by atoms with Gasteiger partial charge in [-0.15, -0.1) is 11.3 Å². The number of thiazole rings is 1. The molecule has 0 aliphatic rings. The van der Waals surface area contributed by atoms with Crippen LogP contribution >= 0.6 is 11.3 Å². The monoisotopic (exact) mass is 416 g/mol. The van der Waals surface area contributed by atoms with Crippen LogP contribution in [0.5, 0.6) is 17.2 Å². The molecule has 0 saturated heterocycles. The first-order valence-electron chi connectivity index (χ1n) is 8.86. The van der Waals surface area contributed by atoms with E-state index in [0.29, 0.717) is 39.2 Å². The minimum atomic E-state index is -0.393. The lowest BCUT2D eigenvalue weighted by atomic mass is 10.1. The van der Waals surface area contributed by atoms with E-state index in [4.69, 9.17) is 14.2 Å². The second-order valence-corrected chi connectivity index (χ2v) is 7.23. The third kappa shape index (κ3) is 4.83. The third-order valence-electron chi connectivity index (χ3n) is 3.95. The number of hydrogen-bond acceptors (Lipinski definition) is 6. The Balaban J connectivity index is 1.80. The normalized spacial score (nSPS) is 10.7. The zero-order chi connectivity index (χ0) is 21.0. The van der Waals surface area contributed by atoms with Gasteiger partial charge in [0, 0.05) is 16.5 Å². The summed E-state index contributed by atoms with van der Waals surface area (Å²) in [6, 6.07) is 9.15. The fourth-order valence-electron chi connectivity index (χ4n) is 2.66. The largest absolute Gasteiger partial charge is 0.496 e. The van der Waals surface area contributed by atoms with E-state index in [0.717, 1.165) is 0 Å². The van der Waals surface area contributed by atoms with Gasteiger partial charge in [-0.2, -0.15) is 0 Å². The van der Waals surface area contributed by atoms with Gasteiger partial charge in [0.15, 0.2) is 16.6 Å². The number of anilines is 1.